The van der Waals surface area contributed by atoms with Crippen LogP contribution in [0.25, 0.3) is 16.7 Å². The minimum atomic E-state index is -0.133. The predicted molar refractivity (Wildman–Crippen MR) is 119 cm³/mol. The van der Waals surface area contributed by atoms with E-state index in [-0.39, 0.29) is 5.91 Å². The summed E-state index contributed by atoms with van der Waals surface area (Å²) in [5.41, 5.74) is 4.25. The molecule has 31 heavy (non-hydrogen) atoms. The Morgan fingerprint density at radius 2 is 2.06 bits per heavy atom. The van der Waals surface area contributed by atoms with E-state index in [1.54, 1.807) is 18.7 Å². The number of carbonyl (C=O) groups excluding carboxylic acids is 1. The Balaban J connectivity index is 1.31. The van der Waals surface area contributed by atoms with Crippen molar-refractivity contribution in [2.75, 3.05) is 6.61 Å². The first-order chi connectivity index (χ1) is 15.3. The van der Waals surface area contributed by atoms with Gasteiger partial charge in [0, 0.05) is 30.6 Å². The lowest BCUT2D eigenvalue weighted by Gasteiger charge is -2.25. The van der Waals surface area contributed by atoms with Gasteiger partial charge in [-0.2, -0.15) is 0 Å². The predicted octanol–water partition coefficient (Wildman–Crippen LogP) is 4.53. The van der Waals surface area contributed by atoms with Gasteiger partial charge in [0.25, 0.3) is 5.91 Å². The van der Waals surface area contributed by atoms with Gasteiger partial charge in [0.05, 0.1) is 23.3 Å². The number of fused-ring (bicyclic) bond motifs is 1. The smallest absolute Gasteiger partial charge is 0.251 e. The number of benzene rings is 2. The Hall–Kier alpha value is -3.67. The van der Waals surface area contributed by atoms with Crippen LogP contribution in [0.1, 0.15) is 35.2 Å². The van der Waals surface area contributed by atoms with Crippen LogP contribution in [0.4, 0.5) is 0 Å². The maximum absolute atomic E-state index is 12.6. The fourth-order valence-electron chi connectivity index (χ4n) is 3.74. The van der Waals surface area contributed by atoms with Gasteiger partial charge in [-0.1, -0.05) is 18.6 Å². The zero-order valence-corrected chi connectivity index (χ0v) is 17.2. The third kappa shape index (κ3) is 4.28. The minimum absolute atomic E-state index is 0.133. The zero-order valence-electron chi connectivity index (χ0n) is 17.2. The van der Waals surface area contributed by atoms with E-state index in [1.165, 1.54) is 19.3 Å². The Labute approximate surface area is 180 Å². The molecule has 5 rings (SSSR count). The van der Waals surface area contributed by atoms with Crippen molar-refractivity contribution in [1.82, 2.24) is 19.9 Å². The second-order valence-corrected chi connectivity index (χ2v) is 7.97. The molecular weight excluding hydrogens is 388 g/mol. The molecule has 0 unspecified atom stereocenters. The summed E-state index contributed by atoms with van der Waals surface area (Å²) in [5.74, 6) is 1.43. The van der Waals surface area contributed by atoms with Gasteiger partial charge in [0.15, 0.2) is 0 Å². The van der Waals surface area contributed by atoms with Crippen molar-refractivity contribution in [2.24, 2.45) is 5.92 Å². The van der Waals surface area contributed by atoms with Gasteiger partial charge >= 0.3 is 0 Å². The minimum Gasteiger partial charge on any atom is -0.493 e. The molecule has 1 amide bonds. The molecule has 1 N–H and O–H groups in total. The average molecular weight is 412 g/mol. The lowest BCUT2D eigenvalue weighted by atomic mass is 9.86. The van der Waals surface area contributed by atoms with E-state index in [1.807, 2.05) is 59.2 Å². The summed E-state index contributed by atoms with van der Waals surface area (Å²) < 4.78 is 8.00. The molecule has 1 aliphatic carbocycles. The van der Waals surface area contributed by atoms with Gasteiger partial charge in [-0.15, -0.1) is 0 Å². The molecular formula is C25H24N4O2. The molecule has 6 heteroatoms. The van der Waals surface area contributed by atoms with E-state index in [9.17, 15) is 4.79 Å². The molecule has 4 aromatic rings. The van der Waals surface area contributed by atoms with Crippen molar-refractivity contribution in [2.45, 2.75) is 25.8 Å². The third-order valence-electron chi connectivity index (χ3n) is 5.79. The van der Waals surface area contributed by atoms with E-state index in [0.29, 0.717) is 18.0 Å². The SMILES string of the molecule is O=C(NCc1cccnc1)c1ccc2c(c1)ncn2-c1cccc(OCC2CCC2)c1. The second kappa shape index (κ2) is 8.60. The van der Waals surface area contributed by atoms with Crippen molar-refractivity contribution < 1.29 is 9.53 Å². The summed E-state index contributed by atoms with van der Waals surface area (Å²) in [4.78, 5) is 21.1. The van der Waals surface area contributed by atoms with Crippen molar-refractivity contribution in [3.05, 3.63) is 84.4 Å². The van der Waals surface area contributed by atoms with E-state index in [4.69, 9.17) is 4.74 Å². The number of nitrogens with zero attached hydrogens (tertiary/aromatic N) is 3. The molecule has 156 valence electrons. The Bertz CT molecular complexity index is 1200. The zero-order chi connectivity index (χ0) is 21.0. The summed E-state index contributed by atoms with van der Waals surface area (Å²) in [6.45, 7) is 1.22. The fourth-order valence-corrected chi connectivity index (χ4v) is 3.74. The van der Waals surface area contributed by atoms with Crippen LogP contribution in [0, 0.1) is 5.92 Å². The van der Waals surface area contributed by atoms with Crippen LogP contribution in [0.2, 0.25) is 0 Å². The average Bonchev–Trinajstić information content (AvgIpc) is 3.21. The van der Waals surface area contributed by atoms with Crippen LogP contribution in [0.3, 0.4) is 0 Å². The van der Waals surface area contributed by atoms with E-state index in [2.05, 4.69) is 15.3 Å². The molecule has 0 spiro atoms. The Morgan fingerprint density at radius 1 is 1.13 bits per heavy atom. The standard InChI is InChI=1S/C25H24N4O2/c30-25(27-15-19-6-3-11-26-14-19)20-9-10-24-23(12-20)28-17-29(24)21-7-2-8-22(13-21)31-16-18-4-1-5-18/h2-3,6-14,17-18H,1,4-5,15-16H2,(H,27,30). The van der Waals surface area contributed by atoms with E-state index in [0.717, 1.165) is 34.6 Å². The van der Waals surface area contributed by atoms with E-state index < -0.39 is 0 Å². The molecule has 0 radical (unpaired) electrons. The van der Waals surface area contributed by atoms with Crippen molar-refractivity contribution in [3.8, 4) is 11.4 Å². The molecule has 0 bridgehead atoms. The highest BCUT2D eigenvalue weighted by Gasteiger charge is 2.18. The molecule has 1 aliphatic rings. The number of nitrogens with one attached hydrogen (secondary N) is 1. The molecule has 1 saturated carbocycles. The summed E-state index contributed by atoms with van der Waals surface area (Å²) in [7, 11) is 0. The van der Waals surface area contributed by atoms with Gasteiger partial charge < -0.3 is 10.1 Å². The van der Waals surface area contributed by atoms with Gasteiger partial charge in [0.2, 0.25) is 0 Å². The van der Waals surface area contributed by atoms with Crippen LogP contribution in [0.5, 0.6) is 5.75 Å². The third-order valence-corrected chi connectivity index (χ3v) is 5.79. The first kappa shape index (κ1) is 19.3. The van der Waals surface area contributed by atoms with Crippen molar-refractivity contribution >= 4 is 16.9 Å². The molecule has 0 aliphatic heterocycles. The van der Waals surface area contributed by atoms with Gasteiger partial charge in [-0.3, -0.25) is 14.3 Å². The number of pyridine rings is 1. The highest BCUT2D eigenvalue weighted by Crippen LogP contribution is 2.28. The lowest BCUT2D eigenvalue weighted by Crippen LogP contribution is -2.22. The van der Waals surface area contributed by atoms with Gasteiger partial charge in [-0.25, -0.2) is 4.98 Å². The van der Waals surface area contributed by atoms with Crippen LogP contribution in [-0.4, -0.2) is 27.0 Å². The number of imidazole rings is 1. The maximum atomic E-state index is 12.6. The second-order valence-electron chi connectivity index (χ2n) is 7.97. The molecule has 6 nitrogen and oxygen atoms in total. The molecule has 2 heterocycles. The first-order valence-electron chi connectivity index (χ1n) is 10.6. The van der Waals surface area contributed by atoms with Gasteiger partial charge in [0.1, 0.15) is 12.1 Å². The van der Waals surface area contributed by atoms with Gasteiger partial charge in [-0.05, 0) is 60.7 Å². The number of amides is 1. The highest BCUT2D eigenvalue weighted by molar-refractivity contribution is 5.97. The van der Waals surface area contributed by atoms with E-state index >= 15 is 0 Å². The summed E-state index contributed by atoms with van der Waals surface area (Å²) in [6.07, 6.45) is 9.10. The van der Waals surface area contributed by atoms with Crippen LogP contribution in [-0.2, 0) is 6.54 Å². The monoisotopic (exact) mass is 412 g/mol. The maximum Gasteiger partial charge on any atom is 0.251 e. The summed E-state index contributed by atoms with van der Waals surface area (Å²) >= 11 is 0. The summed E-state index contributed by atoms with van der Waals surface area (Å²) in [5, 5.41) is 2.93. The normalized spacial score (nSPS) is 13.7. The molecule has 0 atom stereocenters. The highest BCUT2D eigenvalue weighted by atomic mass is 16.5. The number of carbonyl (C=O) groups is 1. The molecule has 2 aromatic carbocycles. The first-order valence-corrected chi connectivity index (χ1v) is 10.6. The van der Waals surface area contributed by atoms with Crippen LogP contribution < -0.4 is 10.1 Å². The number of hydrogen-bond donors (Lipinski definition) is 1. The molecule has 1 fully saturated rings. The quantitative estimate of drug-likeness (QED) is 0.484. The summed E-state index contributed by atoms with van der Waals surface area (Å²) in [6, 6.07) is 17.4. The lowest BCUT2D eigenvalue weighted by molar-refractivity contribution is 0.0951. The number of aromatic nitrogens is 3. The fraction of sp³-hybridized carbons (Fsp3) is 0.240. The van der Waals surface area contributed by atoms with Crippen molar-refractivity contribution in [1.29, 1.82) is 0 Å². The number of hydrogen-bond acceptors (Lipinski definition) is 4. The van der Waals surface area contributed by atoms with Crippen LogP contribution in [0.15, 0.2) is 73.3 Å². The van der Waals surface area contributed by atoms with Crippen molar-refractivity contribution in [3.63, 3.8) is 0 Å². The largest absolute Gasteiger partial charge is 0.493 e. The number of rotatable bonds is 7. The topological polar surface area (TPSA) is 69.0 Å². The molecule has 0 saturated heterocycles. The Morgan fingerprint density at radius 3 is 2.87 bits per heavy atom. The van der Waals surface area contributed by atoms with Crippen LogP contribution >= 0.6 is 0 Å². The number of ether oxygens (including phenoxy) is 1. The molecule has 2 aromatic heterocycles. The Kier molecular flexibility index (Phi) is 5.35.